The van der Waals surface area contributed by atoms with Crippen molar-refractivity contribution in [2.45, 2.75) is 56.6 Å². The van der Waals surface area contributed by atoms with Gasteiger partial charge in [-0.15, -0.1) is 0 Å². The van der Waals surface area contributed by atoms with Crippen molar-refractivity contribution >= 4 is 17.7 Å². The summed E-state index contributed by atoms with van der Waals surface area (Å²) in [4.78, 5) is 14.8. The zero-order valence-corrected chi connectivity index (χ0v) is 13.7. The zero-order valence-electron chi connectivity index (χ0n) is 12.9. The number of aliphatic hydroxyl groups is 1. The fraction of sp³-hybridized carbons (Fsp3) is 0.938. The van der Waals surface area contributed by atoms with Crippen LogP contribution in [0.4, 0.5) is 0 Å². The molecule has 2 N–H and O–H groups in total. The fourth-order valence-electron chi connectivity index (χ4n) is 3.87. The van der Waals surface area contributed by atoms with Crippen molar-refractivity contribution in [1.82, 2.24) is 10.2 Å². The van der Waals surface area contributed by atoms with Crippen molar-refractivity contribution in [3.05, 3.63) is 0 Å². The van der Waals surface area contributed by atoms with Crippen LogP contribution in [0.5, 0.6) is 0 Å². The molecule has 0 aromatic carbocycles. The van der Waals surface area contributed by atoms with Crippen LogP contribution in [0.2, 0.25) is 0 Å². The number of thioether (sulfide) groups is 1. The Kier molecular flexibility index (Phi) is 5.12. The molecule has 0 aromatic rings. The minimum absolute atomic E-state index is 0.137. The van der Waals surface area contributed by atoms with Crippen LogP contribution in [0.1, 0.15) is 44.9 Å². The highest BCUT2D eigenvalue weighted by Gasteiger charge is 2.40. The number of carbonyl (C=O) groups excluding carboxylic acids is 1. The van der Waals surface area contributed by atoms with Gasteiger partial charge in [-0.25, -0.2) is 0 Å². The first-order chi connectivity index (χ1) is 10.2. The molecule has 0 bridgehead atoms. The Hall–Kier alpha value is -0.260. The summed E-state index contributed by atoms with van der Waals surface area (Å²) in [6.45, 7) is 3.44. The highest BCUT2D eigenvalue weighted by Crippen LogP contribution is 2.29. The van der Waals surface area contributed by atoms with Gasteiger partial charge in [-0.05, 0) is 43.8 Å². The average Bonchev–Trinajstić information content (AvgIpc) is 3.13. The summed E-state index contributed by atoms with van der Waals surface area (Å²) in [7, 11) is 0. The highest BCUT2D eigenvalue weighted by atomic mass is 32.2. The SMILES string of the molecule is O=C(NC1CCN(CC2CCCC2)CC1)C1(O)CCSC1. The third-order valence-electron chi connectivity index (χ3n) is 5.34. The number of nitrogens with one attached hydrogen (secondary N) is 1. The van der Waals surface area contributed by atoms with Gasteiger partial charge in [0.25, 0.3) is 5.91 Å². The van der Waals surface area contributed by atoms with Gasteiger partial charge >= 0.3 is 0 Å². The first-order valence-corrected chi connectivity index (χ1v) is 9.65. The summed E-state index contributed by atoms with van der Waals surface area (Å²) in [6, 6.07) is 0.256. The molecule has 1 aliphatic carbocycles. The quantitative estimate of drug-likeness (QED) is 0.828. The number of hydrogen-bond acceptors (Lipinski definition) is 4. The zero-order chi connectivity index (χ0) is 14.7. The van der Waals surface area contributed by atoms with Crippen LogP contribution in [-0.4, -0.2) is 58.7 Å². The van der Waals surface area contributed by atoms with Crippen molar-refractivity contribution in [3.63, 3.8) is 0 Å². The predicted molar refractivity (Wildman–Crippen MR) is 86.5 cm³/mol. The molecule has 2 heterocycles. The van der Waals surface area contributed by atoms with Crippen molar-refractivity contribution in [2.75, 3.05) is 31.1 Å². The molecule has 0 aromatic heterocycles. The van der Waals surface area contributed by atoms with E-state index in [1.807, 2.05) is 0 Å². The first kappa shape index (κ1) is 15.6. The molecule has 3 aliphatic rings. The van der Waals surface area contributed by atoms with E-state index in [0.29, 0.717) is 12.2 Å². The lowest BCUT2D eigenvalue weighted by Crippen LogP contribution is -2.53. The number of nitrogens with zero attached hydrogens (tertiary/aromatic N) is 1. The number of piperidine rings is 1. The van der Waals surface area contributed by atoms with Gasteiger partial charge in [0.2, 0.25) is 0 Å². The van der Waals surface area contributed by atoms with Gasteiger partial charge in [0.05, 0.1) is 0 Å². The summed E-state index contributed by atoms with van der Waals surface area (Å²) >= 11 is 1.67. The molecule has 2 saturated heterocycles. The second kappa shape index (κ2) is 6.88. The normalized spacial score (nSPS) is 32.6. The van der Waals surface area contributed by atoms with Crippen LogP contribution in [0.25, 0.3) is 0 Å². The van der Waals surface area contributed by atoms with Crippen molar-refractivity contribution in [3.8, 4) is 0 Å². The van der Waals surface area contributed by atoms with E-state index in [1.54, 1.807) is 11.8 Å². The third kappa shape index (κ3) is 3.93. The largest absolute Gasteiger partial charge is 0.379 e. The first-order valence-electron chi connectivity index (χ1n) is 8.49. The molecule has 1 unspecified atom stereocenters. The summed E-state index contributed by atoms with van der Waals surface area (Å²) in [6.07, 6.45) is 8.29. The van der Waals surface area contributed by atoms with Crippen LogP contribution in [0.3, 0.4) is 0 Å². The predicted octanol–water partition coefficient (Wildman–Crippen LogP) is 1.63. The summed E-state index contributed by atoms with van der Waals surface area (Å²) in [5, 5.41) is 13.4. The Morgan fingerprint density at radius 3 is 2.57 bits per heavy atom. The molecule has 4 nitrogen and oxygen atoms in total. The number of likely N-dealkylation sites (tertiary alicyclic amines) is 1. The monoisotopic (exact) mass is 312 g/mol. The summed E-state index contributed by atoms with van der Waals surface area (Å²) in [5.41, 5.74) is -1.11. The van der Waals surface area contributed by atoms with Gasteiger partial charge in [-0.2, -0.15) is 11.8 Å². The van der Waals surface area contributed by atoms with Gasteiger partial charge in [0.15, 0.2) is 5.60 Å². The van der Waals surface area contributed by atoms with E-state index in [0.717, 1.165) is 37.6 Å². The van der Waals surface area contributed by atoms with Crippen molar-refractivity contribution in [2.24, 2.45) is 5.92 Å². The Balaban J connectivity index is 1.40. The lowest BCUT2D eigenvalue weighted by Gasteiger charge is -2.35. The smallest absolute Gasteiger partial charge is 0.253 e. The van der Waals surface area contributed by atoms with Crippen LogP contribution >= 0.6 is 11.8 Å². The molecule has 2 aliphatic heterocycles. The maximum absolute atomic E-state index is 12.2. The molecule has 3 rings (SSSR count). The van der Waals surface area contributed by atoms with Crippen LogP contribution in [0, 0.1) is 5.92 Å². The number of rotatable bonds is 4. The molecule has 1 saturated carbocycles. The number of hydrogen-bond donors (Lipinski definition) is 2. The molecule has 1 atom stereocenters. The molecule has 5 heteroatoms. The van der Waals surface area contributed by atoms with E-state index in [4.69, 9.17) is 0 Å². The average molecular weight is 312 g/mol. The van der Waals surface area contributed by atoms with E-state index in [2.05, 4.69) is 10.2 Å². The maximum Gasteiger partial charge on any atom is 0.253 e. The second-order valence-electron chi connectivity index (χ2n) is 7.03. The van der Waals surface area contributed by atoms with E-state index in [-0.39, 0.29) is 11.9 Å². The second-order valence-corrected chi connectivity index (χ2v) is 8.14. The van der Waals surface area contributed by atoms with Gasteiger partial charge in [-0.3, -0.25) is 4.79 Å². The fourth-order valence-corrected chi connectivity index (χ4v) is 5.11. The van der Waals surface area contributed by atoms with Gasteiger partial charge in [0.1, 0.15) is 0 Å². The highest BCUT2D eigenvalue weighted by molar-refractivity contribution is 7.99. The Morgan fingerprint density at radius 1 is 1.24 bits per heavy atom. The lowest BCUT2D eigenvalue weighted by atomic mass is 9.98. The Bertz CT molecular complexity index is 357. The molecular weight excluding hydrogens is 284 g/mol. The van der Waals surface area contributed by atoms with Crippen LogP contribution in [0.15, 0.2) is 0 Å². The van der Waals surface area contributed by atoms with E-state index in [1.165, 1.54) is 32.2 Å². The molecule has 21 heavy (non-hydrogen) atoms. The molecule has 120 valence electrons. The Labute approximate surface area is 132 Å². The van der Waals surface area contributed by atoms with Gasteiger partial charge in [-0.1, -0.05) is 12.8 Å². The maximum atomic E-state index is 12.2. The molecule has 0 spiro atoms. The van der Waals surface area contributed by atoms with Crippen molar-refractivity contribution < 1.29 is 9.90 Å². The van der Waals surface area contributed by atoms with Crippen LogP contribution in [-0.2, 0) is 4.79 Å². The third-order valence-corrected chi connectivity index (χ3v) is 6.51. The standard InChI is InChI=1S/C16H28N2O2S/c19-15(16(20)7-10-21-12-16)17-14-5-8-18(9-6-14)11-13-3-1-2-4-13/h13-14,20H,1-12H2,(H,17,19). The lowest BCUT2D eigenvalue weighted by molar-refractivity contribution is -0.138. The number of amides is 1. The molecule has 1 amide bonds. The van der Waals surface area contributed by atoms with Gasteiger partial charge in [0, 0.05) is 31.4 Å². The minimum atomic E-state index is -1.11. The molecule has 0 radical (unpaired) electrons. The molecule has 3 fully saturated rings. The van der Waals surface area contributed by atoms with E-state index >= 15 is 0 Å². The minimum Gasteiger partial charge on any atom is -0.379 e. The topological polar surface area (TPSA) is 52.6 Å². The van der Waals surface area contributed by atoms with Crippen molar-refractivity contribution in [1.29, 1.82) is 0 Å². The number of carbonyl (C=O) groups is 1. The van der Waals surface area contributed by atoms with E-state index < -0.39 is 5.60 Å². The summed E-state index contributed by atoms with van der Waals surface area (Å²) in [5.74, 6) is 2.22. The van der Waals surface area contributed by atoms with Crippen LogP contribution < -0.4 is 5.32 Å². The molecular formula is C16H28N2O2S. The van der Waals surface area contributed by atoms with E-state index in [9.17, 15) is 9.90 Å². The summed E-state index contributed by atoms with van der Waals surface area (Å²) < 4.78 is 0. The Morgan fingerprint density at radius 2 is 1.95 bits per heavy atom. The van der Waals surface area contributed by atoms with Gasteiger partial charge < -0.3 is 15.3 Å².